The Labute approximate surface area is 168 Å². The zero-order valence-corrected chi connectivity index (χ0v) is 17.0. The fraction of sp³-hybridized carbons (Fsp3) is 0.409. The van der Waals surface area contributed by atoms with E-state index in [1.54, 1.807) is 12.1 Å². The number of benzene rings is 1. The Bertz CT molecular complexity index is 1070. The zero-order valence-electron chi connectivity index (χ0n) is 16.2. The summed E-state index contributed by atoms with van der Waals surface area (Å²) in [5, 5.41) is 12.9. The van der Waals surface area contributed by atoms with Gasteiger partial charge in [-0.05, 0) is 55.0 Å². The van der Waals surface area contributed by atoms with E-state index < -0.39 is 0 Å². The van der Waals surface area contributed by atoms with Gasteiger partial charge in [-0.3, -0.25) is 4.79 Å². The molecule has 6 heteroatoms. The molecular formula is C22H24N2O3S. The van der Waals surface area contributed by atoms with Crippen LogP contribution in [-0.2, 0) is 23.8 Å². The number of hydrogen-bond acceptors (Lipinski definition) is 4. The van der Waals surface area contributed by atoms with Crippen molar-refractivity contribution in [2.45, 2.75) is 31.8 Å². The lowest BCUT2D eigenvalue weighted by Gasteiger charge is -2.44. The molecule has 0 saturated carbocycles. The van der Waals surface area contributed by atoms with Crippen molar-refractivity contribution in [3.05, 3.63) is 51.3 Å². The number of hydrogen-bond donors (Lipinski definition) is 1. The molecule has 1 fully saturated rings. The highest BCUT2D eigenvalue weighted by molar-refractivity contribution is 7.10. The van der Waals surface area contributed by atoms with Crippen molar-refractivity contribution in [1.29, 1.82) is 0 Å². The monoisotopic (exact) mass is 396 g/mol. The molecule has 2 aliphatic rings. The largest absolute Gasteiger partial charge is 0.508 e. The number of carbonyl (C=O) groups excluding carboxylic acids is 1. The normalized spacial score (nSPS) is 18.6. The molecule has 1 N–H and O–H groups in total. The third-order valence-electron chi connectivity index (χ3n) is 6.49. The average molecular weight is 397 g/mol. The number of piperidine rings is 1. The Hall–Kier alpha value is -2.31. The van der Waals surface area contributed by atoms with E-state index in [9.17, 15) is 9.90 Å². The molecule has 146 valence electrons. The summed E-state index contributed by atoms with van der Waals surface area (Å²) in [6, 6.07) is 7.43. The molecule has 0 unspecified atom stereocenters. The predicted octanol–water partition coefficient (Wildman–Crippen LogP) is 3.96. The molecule has 1 amide bonds. The van der Waals surface area contributed by atoms with Gasteiger partial charge in [0.05, 0.1) is 17.8 Å². The Morgan fingerprint density at radius 2 is 2.04 bits per heavy atom. The molecule has 5 nitrogen and oxygen atoms in total. The Morgan fingerprint density at radius 3 is 2.82 bits per heavy atom. The van der Waals surface area contributed by atoms with Crippen LogP contribution in [-0.4, -0.2) is 40.2 Å². The molecule has 1 saturated heterocycles. The van der Waals surface area contributed by atoms with Gasteiger partial charge in [-0.15, -0.1) is 11.3 Å². The van der Waals surface area contributed by atoms with Crippen molar-refractivity contribution in [2.75, 3.05) is 19.7 Å². The number of ether oxygens (including phenoxy) is 1. The van der Waals surface area contributed by atoms with Crippen LogP contribution in [0.2, 0.25) is 0 Å². The quantitative estimate of drug-likeness (QED) is 0.677. The minimum Gasteiger partial charge on any atom is -0.508 e. The van der Waals surface area contributed by atoms with E-state index in [-0.39, 0.29) is 17.3 Å². The van der Waals surface area contributed by atoms with E-state index in [1.807, 2.05) is 40.8 Å². The summed E-state index contributed by atoms with van der Waals surface area (Å²) in [7, 11) is 1.96. The number of phenols is 1. The number of aromatic hydroxyl groups is 1. The maximum absolute atomic E-state index is 13.4. The van der Waals surface area contributed by atoms with E-state index in [4.69, 9.17) is 4.74 Å². The van der Waals surface area contributed by atoms with Crippen molar-refractivity contribution in [1.82, 2.24) is 9.47 Å². The van der Waals surface area contributed by atoms with Crippen LogP contribution in [0.1, 0.15) is 39.3 Å². The summed E-state index contributed by atoms with van der Waals surface area (Å²) in [4.78, 5) is 16.8. The van der Waals surface area contributed by atoms with E-state index in [1.165, 1.54) is 10.4 Å². The number of rotatable bonds is 1. The van der Waals surface area contributed by atoms with Gasteiger partial charge >= 0.3 is 0 Å². The van der Waals surface area contributed by atoms with Crippen molar-refractivity contribution < 1.29 is 14.6 Å². The van der Waals surface area contributed by atoms with Crippen LogP contribution in [0.25, 0.3) is 10.9 Å². The van der Waals surface area contributed by atoms with E-state index in [0.29, 0.717) is 18.7 Å². The summed E-state index contributed by atoms with van der Waals surface area (Å²) in [6.07, 6.45) is 2.66. The third-order valence-corrected chi connectivity index (χ3v) is 7.47. The van der Waals surface area contributed by atoms with Gasteiger partial charge in [0, 0.05) is 48.0 Å². The van der Waals surface area contributed by atoms with Crippen LogP contribution in [0.4, 0.5) is 0 Å². The number of carbonyl (C=O) groups is 1. The smallest absolute Gasteiger partial charge is 0.256 e. The van der Waals surface area contributed by atoms with Crippen LogP contribution in [0.15, 0.2) is 29.6 Å². The highest BCUT2D eigenvalue weighted by Gasteiger charge is 2.42. The number of thiophene rings is 1. The lowest BCUT2D eigenvalue weighted by Crippen LogP contribution is -2.48. The Kier molecular flexibility index (Phi) is 4.03. The third kappa shape index (κ3) is 2.51. The van der Waals surface area contributed by atoms with Crippen molar-refractivity contribution in [2.24, 2.45) is 7.05 Å². The summed E-state index contributed by atoms with van der Waals surface area (Å²) in [6.45, 7) is 4.10. The Morgan fingerprint density at radius 1 is 1.25 bits per heavy atom. The number of amides is 1. The van der Waals surface area contributed by atoms with Gasteiger partial charge < -0.3 is 19.3 Å². The lowest BCUT2D eigenvalue weighted by atomic mass is 9.82. The molecular weight excluding hydrogens is 372 g/mol. The van der Waals surface area contributed by atoms with Gasteiger partial charge in [0.1, 0.15) is 5.75 Å². The fourth-order valence-electron chi connectivity index (χ4n) is 4.83. The highest BCUT2D eigenvalue weighted by Crippen LogP contribution is 2.43. The second-order valence-corrected chi connectivity index (χ2v) is 8.86. The van der Waals surface area contributed by atoms with Gasteiger partial charge in [0.25, 0.3) is 5.91 Å². The predicted molar refractivity (Wildman–Crippen MR) is 110 cm³/mol. The van der Waals surface area contributed by atoms with Gasteiger partial charge in [0.15, 0.2) is 0 Å². The first-order chi connectivity index (χ1) is 13.5. The van der Waals surface area contributed by atoms with Crippen molar-refractivity contribution in [3.63, 3.8) is 0 Å². The maximum Gasteiger partial charge on any atom is 0.256 e. The first kappa shape index (κ1) is 17.8. The number of fused-ring (bicyclic) bond motifs is 3. The maximum atomic E-state index is 13.4. The number of aryl methyl sites for hydroxylation is 1. The first-order valence-corrected chi connectivity index (χ1v) is 10.7. The van der Waals surface area contributed by atoms with Gasteiger partial charge in [-0.1, -0.05) is 0 Å². The Balaban J connectivity index is 1.44. The molecule has 4 heterocycles. The minimum absolute atomic E-state index is 0.0462. The summed E-state index contributed by atoms with van der Waals surface area (Å²) in [5.74, 6) is 0.232. The molecule has 2 aliphatic heterocycles. The van der Waals surface area contributed by atoms with Gasteiger partial charge in [0.2, 0.25) is 0 Å². The van der Waals surface area contributed by atoms with Crippen molar-refractivity contribution >= 4 is 28.1 Å². The molecule has 1 spiro atoms. The number of nitrogens with zero attached hydrogens (tertiary/aromatic N) is 2. The SMILES string of the molecule is Cc1c(C(=O)N2CCC3(CC2)OCCc2sccc23)c2cc(O)ccc2n1C. The fourth-order valence-corrected chi connectivity index (χ4v) is 5.78. The summed E-state index contributed by atoms with van der Waals surface area (Å²) in [5.41, 5.74) is 3.70. The number of phenolic OH excluding ortho intramolecular Hbond substituents is 1. The molecule has 28 heavy (non-hydrogen) atoms. The van der Waals surface area contributed by atoms with Crippen LogP contribution in [0.3, 0.4) is 0 Å². The molecule has 1 aromatic carbocycles. The lowest BCUT2D eigenvalue weighted by molar-refractivity contribution is -0.0926. The van der Waals surface area contributed by atoms with E-state index in [2.05, 4.69) is 11.4 Å². The average Bonchev–Trinajstić information content (AvgIpc) is 3.27. The second-order valence-electron chi connectivity index (χ2n) is 7.86. The minimum atomic E-state index is -0.226. The summed E-state index contributed by atoms with van der Waals surface area (Å²) >= 11 is 1.82. The second kappa shape index (κ2) is 6.36. The van der Waals surface area contributed by atoms with Gasteiger partial charge in [-0.25, -0.2) is 0 Å². The molecule has 0 atom stereocenters. The number of likely N-dealkylation sites (tertiary alicyclic amines) is 1. The van der Waals surface area contributed by atoms with E-state index in [0.717, 1.165) is 42.5 Å². The molecule has 5 rings (SSSR count). The molecule has 0 aliphatic carbocycles. The van der Waals surface area contributed by atoms with Crippen LogP contribution < -0.4 is 0 Å². The standard InChI is InChI=1S/C22H24N2O3S/c1-14-20(16-13-15(25)3-4-18(16)23(14)2)21(26)24-9-7-22(8-10-24)17-6-12-28-19(17)5-11-27-22/h3-4,6,12-13,25H,5,7-11H2,1-2H3. The van der Waals surface area contributed by atoms with Crippen LogP contribution in [0, 0.1) is 6.92 Å². The van der Waals surface area contributed by atoms with E-state index >= 15 is 0 Å². The molecule has 0 bridgehead atoms. The molecule has 3 aromatic rings. The van der Waals surface area contributed by atoms with Gasteiger partial charge in [-0.2, -0.15) is 0 Å². The zero-order chi connectivity index (χ0) is 19.5. The topological polar surface area (TPSA) is 54.7 Å². The molecule has 0 radical (unpaired) electrons. The van der Waals surface area contributed by atoms with Crippen molar-refractivity contribution in [3.8, 4) is 5.75 Å². The molecule has 2 aromatic heterocycles. The van der Waals surface area contributed by atoms with Crippen LogP contribution >= 0.6 is 11.3 Å². The summed E-state index contributed by atoms with van der Waals surface area (Å²) < 4.78 is 8.29. The van der Waals surface area contributed by atoms with Crippen LogP contribution in [0.5, 0.6) is 5.75 Å². The highest BCUT2D eigenvalue weighted by atomic mass is 32.1. The number of aromatic nitrogens is 1. The first-order valence-electron chi connectivity index (χ1n) is 9.78.